The van der Waals surface area contributed by atoms with Crippen LogP contribution >= 0.6 is 0 Å². The first-order valence-electron chi connectivity index (χ1n) is 7.52. The second kappa shape index (κ2) is 5.12. The molecule has 2 heterocycles. The lowest BCUT2D eigenvalue weighted by molar-refractivity contribution is 0.101. The van der Waals surface area contributed by atoms with Gasteiger partial charge in [-0.25, -0.2) is 0 Å². The zero-order valence-electron chi connectivity index (χ0n) is 12.9. The third-order valence-corrected chi connectivity index (χ3v) is 4.20. The van der Waals surface area contributed by atoms with Gasteiger partial charge in [-0.3, -0.25) is 4.79 Å². The van der Waals surface area contributed by atoms with E-state index in [9.17, 15) is 4.79 Å². The van der Waals surface area contributed by atoms with Gasteiger partial charge in [-0.1, -0.05) is 24.3 Å². The Morgan fingerprint density at radius 1 is 1.17 bits per heavy atom. The van der Waals surface area contributed by atoms with Gasteiger partial charge in [-0.15, -0.1) is 0 Å². The Morgan fingerprint density at radius 3 is 2.57 bits per heavy atom. The van der Waals surface area contributed by atoms with Crippen molar-refractivity contribution in [3.05, 3.63) is 58.7 Å². The van der Waals surface area contributed by atoms with Crippen molar-refractivity contribution < 1.29 is 14.3 Å². The molecule has 116 valence electrons. The molecule has 0 spiro atoms. The second-order valence-electron chi connectivity index (χ2n) is 5.74. The number of nitrogens with zero attached hydrogens (tertiary/aromatic N) is 1. The number of nitrogens with one attached hydrogen (secondary N) is 1. The van der Waals surface area contributed by atoms with Crippen LogP contribution in [0.1, 0.15) is 46.9 Å². The zero-order valence-corrected chi connectivity index (χ0v) is 12.9. The van der Waals surface area contributed by atoms with Crippen molar-refractivity contribution in [3.8, 4) is 11.5 Å². The average Bonchev–Trinajstić information content (AvgIpc) is 3.01. The van der Waals surface area contributed by atoms with E-state index in [-0.39, 0.29) is 18.6 Å². The minimum absolute atomic E-state index is 0.0534. The van der Waals surface area contributed by atoms with Crippen molar-refractivity contribution in [1.29, 1.82) is 0 Å². The molecule has 0 aliphatic carbocycles. The molecule has 1 atom stereocenters. The minimum Gasteiger partial charge on any atom is -0.454 e. The summed E-state index contributed by atoms with van der Waals surface area (Å²) in [6, 6.07) is 11.6. The van der Waals surface area contributed by atoms with Gasteiger partial charge in [-0.2, -0.15) is 5.10 Å². The molecule has 0 saturated heterocycles. The molecular formula is C18H16N2O3. The van der Waals surface area contributed by atoms with E-state index in [0.717, 1.165) is 33.9 Å². The van der Waals surface area contributed by atoms with E-state index in [1.165, 1.54) is 0 Å². The standard InChI is InChI=1S/C18H16N2O3/c1-10-14-7-16-17(23-9-22-16)8-15(14)18(20-19-10)13-5-3-12(4-6-13)11(2)21/h3-8,10,19H,9H2,1-2H3. The molecule has 2 aromatic rings. The summed E-state index contributed by atoms with van der Waals surface area (Å²) >= 11 is 0. The number of hydrogen-bond acceptors (Lipinski definition) is 5. The lowest BCUT2D eigenvalue weighted by atomic mass is 9.92. The van der Waals surface area contributed by atoms with Crippen molar-refractivity contribution in [1.82, 2.24) is 5.43 Å². The van der Waals surface area contributed by atoms with Gasteiger partial charge in [0.1, 0.15) is 0 Å². The summed E-state index contributed by atoms with van der Waals surface area (Å²) in [6.07, 6.45) is 0. The third-order valence-electron chi connectivity index (χ3n) is 4.20. The van der Waals surface area contributed by atoms with Gasteiger partial charge in [0.25, 0.3) is 0 Å². The van der Waals surface area contributed by atoms with E-state index in [4.69, 9.17) is 9.47 Å². The normalized spacial score (nSPS) is 18.0. The highest BCUT2D eigenvalue weighted by Gasteiger charge is 2.26. The highest BCUT2D eigenvalue weighted by atomic mass is 16.7. The Labute approximate surface area is 133 Å². The fraction of sp³-hybridized carbons (Fsp3) is 0.222. The van der Waals surface area contributed by atoms with Crippen molar-refractivity contribution in [2.24, 2.45) is 5.10 Å². The molecule has 1 unspecified atom stereocenters. The Hall–Kier alpha value is -2.82. The first kappa shape index (κ1) is 13.8. The Balaban J connectivity index is 1.80. The van der Waals surface area contributed by atoms with Crippen molar-refractivity contribution in [2.45, 2.75) is 19.9 Å². The molecule has 0 radical (unpaired) electrons. The highest BCUT2D eigenvalue weighted by Crippen LogP contribution is 2.38. The van der Waals surface area contributed by atoms with Gasteiger partial charge in [0.05, 0.1) is 11.8 Å². The first-order valence-corrected chi connectivity index (χ1v) is 7.52. The summed E-state index contributed by atoms with van der Waals surface area (Å²) in [7, 11) is 0. The summed E-state index contributed by atoms with van der Waals surface area (Å²) in [4.78, 5) is 11.4. The van der Waals surface area contributed by atoms with E-state index < -0.39 is 0 Å². The second-order valence-corrected chi connectivity index (χ2v) is 5.74. The lowest BCUT2D eigenvalue weighted by Crippen LogP contribution is -2.24. The molecule has 0 fully saturated rings. The van der Waals surface area contributed by atoms with Crippen molar-refractivity contribution in [3.63, 3.8) is 0 Å². The summed E-state index contributed by atoms with van der Waals surface area (Å²) in [6.45, 7) is 3.87. The molecule has 0 amide bonds. The highest BCUT2D eigenvalue weighted by molar-refractivity contribution is 6.14. The predicted molar refractivity (Wildman–Crippen MR) is 86.2 cm³/mol. The quantitative estimate of drug-likeness (QED) is 0.866. The smallest absolute Gasteiger partial charge is 0.231 e. The van der Waals surface area contributed by atoms with Crippen LogP contribution in [0.4, 0.5) is 0 Å². The number of ketones is 1. The minimum atomic E-state index is 0.0534. The molecule has 1 N–H and O–H groups in total. The van der Waals surface area contributed by atoms with Gasteiger partial charge >= 0.3 is 0 Å². The predicted octanol–water partition coefficient (Wildman–Crippen LogP) is 3.03. The van der Waals surface area contributed by atoms with Gasteiger partial charge in [-0.05, 0) is 31.5 Å². The van der Waals surface area contributed by atoms with Gasteiger partial charge in [0.2, 0.25) is 6.79 Å². The number of rotatable bonds is 2. The first-order chi connectivity index (χ1) is 11.1. The van der Waals surface area contributed by atoms with Crippen LogP contribution in [-0.4, -0.2) is 18.3 Å². The van der Waals surface area contributed by atoms with Crippen LogP contribution < -0.4 is 14.9 Å². The van der Waals surface area contributed by atoms with Gasteiger partial charge < -0.3 is 14.9 Å². The van der Waals surface area contributed by atoms with Crippen LogP contribution in [0.3, 0.4) is 0 Å². The van der Waals surface area contributed by atoms with Crippen LogP contribution in [0.2, 0.25) is 0 Å². The molecule has 2 aliphatic rings. The SMILES string of the molecule is CC(=O)c1ccc(C2=NNC(C)c3cc4c(cc32)OCO4)cc1. The fourth-order valence-electron chi connectivity index (χ4n) is 2.90. The van der Waals surface area contributed by atoms with E-state index in [1.807, 2.05) is 36.4 Å². The molecule has 0 bridgehead atoms. The van der Waals surface area contributed by atoms with E-state index in [2.05, 4.69) is 17.5 Å². The van der Waals surface area contributed by atoms with Crippen LogP contribution in [0, 0.1) is 0 Å². The summed E-state index contributed by atoms with van der Waals surface area (Å²) in [5, 5.41) is 4.51. The Bertz CT molecular complexity index is 825. The van der Waals surface area contributed by atoms with Crippen molar-refractivity contribution in [2.75, 3.05) is 6.79 Å². The molecule has 5 heteroatoms. The van der Waals surface area contributed by atoms with Gasteiger partial charge in [0.15, 0.2) is 17.3 Å². The Kier molecular flexibility index (Phi) is 3.08. The maximum atomic E-state index is 11.4. The molecule has 4 rings (SSSR count). The van der Waals surface area contributed by atoms with Crippen LogP contribution in [-0.2, 0) is 0 Å². The lowest BCUT2D eigenvalue weighted by Gasteiger charge is -2.24. The van der Waals surface area contributed by atoms with E-state index >= 15 is 0 Å². The maximum Gasteiger partial charge on any atom is 0.231 e. The molecule has 0 saturated carbocycles. The number of carbonyl (C=O) groups excluding carboxylic acids is 1. The number of Topliss-reactive ketones (excluding diaryl/α,β-unsaturated/α-hetero) is 1. The van der Waals surface area contributed by atoms with E-state index in [0.29, 0.717) is 5.56 Å². The molecule has 2 aliphatic heterocycles. The van der Waals surface area contributed by atoms with Crippen LogP contribution in [0.5, 0.6) is 11.5 Å². The summed E-state index contributed by atoms with van der Waals surface area (Å²) in [5.74, 6) is 1.56. The van der Waals surface area contributed by atoms with Gasteiger partial charge in [0, 0.05) is 16.7 Å². The number of hydrazone groups is 1. The van der Waals surface area contributed by atoms with Crippen LogP contribution in [0.15, 0.2) is 41.5 Å². The molecule has 23 heavy (non-hydrogen) atoms. The summed E-state index contributed by atoms with van der Waals surface area (Å²) in [5.41, 5.74) is 7.77. The van der Waals surface area contributed by atoms with Crippen molar-refractivity contribution >= 4 is 11.5 Å². The largest absolute Gasteiger partial charge is 0.454 e. The number of benzene rings is 2. The number of carbonyl (C=O) groups is 1. The average molecular weight is 308 g/mol. The number of hydrogen-bond donors (Lipinski definition) is 1. The monoisotopic (exact) mass is 308 g/mol. The van der Waals surface area contributed by atoms with Crippen LogP contribution in [0.25, 0.3) is 0 Å². The maximum absolute atomic E-state index is 11.4. The topological polar surface area (TPSA) is 59.9 Å². The zero-order chi connectivity index (χ0) is 16.0. The molecule has 0 aromatic heterocycles. The fourth-order valence-corrected chi connectivity index (χ4v) is 2.90. The molecule has 2 aromatic carbocycles. The number of ether oxygens (including phenoxy) is 2. The molecular weight excluding hydrogens is 292 g/mol. The van der Waals surface area contributed by atoms with E-state index in [1.54, 1.807) is 6.92 Å². The molecule has 5 nitrogen and oxygen atoms in total. The number of fused-ring (bicyclic) bond motifs is 2. The Morgan fingerprint density at radius 2 is 1.87 bits per heavy atom. The third kappa shape index (κ3) is 2.25. The summed E-state index contributed by atoms with van der Waals surface area (Å²) < 4.78 is 11.0.